The third-order valence-electron chi connectivity index (χ3n) is 2.10. The number of benzene rings is 1. The number of nitro benzene ring substituents is 1. The molecule has 4 nitrogen and oxygen atoms in total. The van der Waals surface area contributed by atoms with Crippen LogP contribution in [0.2, 0.25) is 0 Å². The Morgan fingerprint density at radius 2 is 2.00 bits per heavy atom. The van der Waals surface area contributed by atoms with Crippen LogP contribution in [0.4, 0.5) is 5.69 Å². The van der Waals surface area contributed by atoms with E-state index in [0.717, 1.165) is 17.3 Å². The Kier molecular flexibility index (Phi) is 4.71. The van der Waals surface area contributed by atoms with E-state index in [1.807, 2.05) is 0 Å². The molecule has 1 aromatic rings. The molecule has 1 rings (SSSR count). The first-order chi connectivity index (χ1) is 7.15. The standard InChI is InChI=1S/C10H12BrNO3/c11-7-1-2-10(13)8-3-5-9(6-4-8)12(14)15/h3-6,10,13H,1-2,7H2. The van der Waals surface area contributed by atoms with Crippen molar-refractivity contribution in [2.24, 2.45) is 0 Å². The molecule has 0 aliphatic rings. The summed E-state index contributed by atoms with van der Waals surface area (Å²) in [6, 6.07) is 6.01. The van der Waals surface area contributed by atoms with Gasteiger partial charge < -0.3 is 5.11 Å². The minimum atomic E-state index is -0.539. The Labute approximate surface area is 96.2 Å². The van der Waals surface area contributed by atoms with Gasteiger partial charge in [0.1, 0.15) is 0 Å². The Hall–Kier alpha value is -0.940. The quantitative estimate of drug-likeness (QED) is 0.510. The predicted octanol–water partition coefficient (Wildman–Crippen LogP) is 2.80. The number of hydrogen-bond donors (Lipinski definition) is 1. The van der Waals surface area contributed by atoms with E-state index >= 15 is 0 Å². The zero-order chi connectivity index (χ0) is 11.3. The molecule has 1 N–H and O–H groups in total. The second kappa shape index (κ2) is 5.82. The first kappa shape index (κ1) is 12.1. The Morgan fingerprint density at radius 1 is 1.40 bits per heavy atom. The molecule has 0 heterocycles. The van der Waals surface area contributed by atoms with Crippen molar-refractivity contribution in [3.63, 3.8) is 0 Å². The number of aliphatic hydroxyl groups is 1. The molecule has 0 aliphatic carbocycles. The lowest BCUT2D eigenvalue weighted by Gasteiger charge is -2.09. The molecular formula is C10H12BrNO3. The first-order valence-corrected chi connectivity index (χ1v) is 5.75. The molecule has 82 valence electrons. The van der Waals surface area contributed by atoms with Crippen LogP contribution in [0.3, 0.4) is 0 Å². The summed E-state index contributed by atoms with van der Waals surface area (Å²) in [5, 5.41) is 20.9. The molecule has 0 aliphatic heterocycles. The lowest BCUT2D eigenvalue weighted by atomic mass is 10.1. The molecule has 5 heteroatoms. The van der Waals surface area contributed by atoms with Crippen LogP contribution in [-0.2, 0) is 0 Å². The van der Waals surface area contributed by atoms with Crippen molar-refractivity contribution < 1.29 is 10.0 Å². The highest BCUT2D eigenvalue weighted by atomic mass is 79.9. The number of alkyl halides is 1. The van der Waals surface area contributed by atoms with E-state index in [1.165, 1.54) is 12.1 Å². The maximum atomic E-state index is 10.4. The molecule has 0 fully saturated rings. The van der Waals surface area contributed by atoms with Crippen molar-refractivity contribution in [3.05, 3.63) is 39.9 Å². The Balaban J connectivity index is 2.66. The molecule has 15 heavy (non-hydrogen) atoms. The fourth-order valence-corrected chi connectivity index (χ4v) is 1.58. The van der Waals surface area contributed by atoms with Crippen molar-refractivity contribution in [2.75, 3.05) is 5.33 Å². The Bertz CT molecular complexity index is 326. The van der Waals surface area contributed by atoms with Crippen molar-refractivity contribution in [3.8, 4) is 0 Å². The lowest BCUT2D eigenvalue weighted by Crippen LogP contribution is -1.98. The molecule has 1 unspecified atom stereocenters. The van der Waals surface area contributed by atoms with Gasteiger partial charge in [-0.15, -0.1) is 0 Å². The number of halogens is 1. The molecule has 0 amide bonds. The van der Waals surface area contributed by atoms with Gasteiger partial charge in [-0.05, 0) is 30.5 Å². The number of nitrogens with zero attached hydrogens (tertiary/aromatic N) is 1. The van der Waals surface area contributed by atoms with Gasteiger partial charge in [-0.1, -0.05) is 15.9 Å². The van der Waals surface area contributed by atoms with Crippen LogP contribution in [0.1, 0.15) is 24.5 Å². The average Bonchev–Trinajstić information content (AvgIpc) is 2.26. The highest BCUT2D eigenvalue weighted by Gasteiger charge is 2.09. The van der Waals surface area contributed by atoms with Gasteiger partial charge in [0.2, 0.25) is 0 Å². The van der Waals surface area contributed by atoms with Gasteiger partial charge in [-0.3, -0.25) is 10.1 Å². The molecule has 0 saturated heterocycles. The molecule has 0 spiro atoms. The van der Waals surface area contributed by atoms with Crippen LogP contribution in [0.25, 0.3) is 0 Å². The second-order valence-electron chi connectivity index (χ2n) is 3.20. The zero-order valence-corrected chi connectivity index (χ0v) is 9.68. The van der Waals surface area contributed by atoms with E-state index in [-0.39, 0.29) is 5.69 Å². The molecule has 0 radical (unpaired) electrons. The van der Waals surface area contributed by atoms with Crippen LogP contribution in [0.15, 0.2) is 24.3 Å². The van der Waals surface area contributed by atoms with E-state index in [1.54, 1.807) is 12.1 Å². The number of rotatable bonds is 5. The van der Waals surface area contributed by atoms with E-state index in [2.05, 4.69) is 15.9 Å². The summed E-state index contributed by atoms with van der Waals surface area (Å²) < 4.78 is 0. The van der Waals surface area contributed by atoms with Gasteiger partial charge in [-0.25, -0.2) is 0 Å². The number of hydrogen-bond acceptors (Lipinski definition) is 3. The van der Waals surface area contributed by atoms with Crippen molar-refractivity contribution in [1.82, 2.24) is 0 Å². The van der Waals surface area contributed by atoms with Gasteiger partial charge in [0.05, 0.1) is 11.0 Å². The SMILES string of the molecule is O=[N+]([O-])c1ccc(C(O)CCCBr)cc1. The molecule has 0 bridgehead atoms. The Morgan fingerprint density at radius 3 is 2.47 bits per heavy atom. The monoisotopic (exact) mass is 273 g/mol. The summed E-state index contributed by atoms with van der Waals surface area (Å²) in [5.41, 5.74) is 0.771. The smallest absolute Gasteiger partial charge is 0.269 e. The van der Waals surface area contributed by atoms with Crippen LogP contribution < -0.4 is 0 Å². The van der Waals surface area contributed by atoms with Gasteiger partial charge in [0.15, 0.2) is 0 Å². The number of nitro groups is 1. The van der Waals surface area contributed by atoms with Crippen LogP contribution in [-0.4, -0.2) is 15.4 Å². The van der Waals surface area contributed by atoms with Crippen LogP contribution in [0, 0.1) is 10.1 Å². The maximum Gasteiger partial charge on any atom is 0.269 e. The predicted molar refractivity (Wildman–Crippen MR) is 61.1 cm³/mol. The van der Waals surface area contributed by atoms with E-state index in [0.29, 0.717) is 6.42 Å². The summed E-state index contributed by atoms with van der Waals surface area (Å²) in [6.07, 6.45) is 0.990. The number of non-ortho nitro benzene ring substituents is 1. The van der Waals surface area contributed by atoms with Crippen LogP contribution >= 0.6 is 15.9 Å². The minimum absolute atomic E-state index is 0.0476. The summed E-state index contributed by atoms with van der Waals surface area (Å²) in [4.78, 5) is 9.94. The summed E-state index contributed by atoms with van der Waals surface area (Å²) >= 11 is 3.28. The first-order valence-electron chi connectivity index (χ1n) is 4.63. The van der Waals surface area contributed by atoms with E-state index in [4.69, 9.17) is 0 Å². The third kappa shape index (κ3) is 3.60. The number of aliphatic hydroxyl groups excluding tert-OH is 1. The minimum Gasteiger partial charge on any atom is -0.388 e. The topological polar surface area (TPSA) is 63.4 Å². The maximum absolute atomic E-state index is 10.4. The zero-order valence-electron chi connectivity index (χ0n) is 8.10. The summed E-state index contributed by atoms with van der Waals surface area (Å²) in [6.45, 7) is 0. The van der Waals surface area contributed by atoms with E-state index < -0.39 is 11.0 Å². The molecule has 1 aromatic carbocycles. The second-order valence-corrected chi connectivity index (χ2v) is 3.99. The normalized spacial score (nSPS) is 12.4. The average molecular weight is 274 g/mol. The summed E-state index contributed by atoms with van der Waals surface area (Å²) in [7, 11) is 0. The van der Waals surface area contributed by atoms with Crippen molar-refractivity contribution in [2.45, 2.75) is 18.9 Å². The highest BCUT2D eigenvalue weighted by molar-refractivity contribution is 9.09. The third-order valence-corrected chi connectivity index (χ3v) is 2.66. The molecule has 1 atom stereocenters. The van der Waals surface area contributed by atoms with Gasteiger partial charge in [0, 0.05) is 17.5 Å². The lowest BCUT2D eigenvalue weighted by molar-refractivity contribution is -0.384. The largest absolute Gasteiger partial charge is 0.388 e. The van der Waals surface area contributed by atoms with E-state index in [9.17, 15) is 15.2 Å². The van der Waals surface area contributed by atoms with Crippen molar-refractivity contribution >= 4 is 21.6 Å². The fraction of sp³-hybridized carbons (Fsp3) is 0.400. The molecule has 0 aromatic heterocycles. The fourth-order valence-electron chi connectivity index (χ4n) is 1.26. The molecule has 0 saturated carbocycles. The van der Waals surface area contributed by atoms with Gasteiger partial charge >= 0.3 is 0 Å². The van der Waals surface area contributed by atoms with Gasteiger partial charge in [-0.2, -0.15) is 0 Å². The van der Waals surface area contributed by atoms with Gasteiger partial charge in [0.25, 0.3) is 5.69 Å². The van der Waals surface area contributed by atoms with Crippen LogP contribution in [0.5, 0.6) is 0 Å². The molecular weight excluding hydrogens is 262 g/mol. The highest BCUT2D eigenvalue weighted by Crippen LogP contribution is 2.21. The summed E-state index contributed by atoms with van der Waals surface area (Å²) in [5.74, 6) is 0. The van der Waals surface area contributed by atoms with Crippen molar-refractivity contribution in [1.29, 1.82) is 0 Å².